The van der Waals surface area contributed by atoms with Crippen LogP contribution in [-0.2, 0) is 0 Å². The average molecular weight is 237 g/mol. The SMILES string of the molecule is CN(C)C(=NC#N)N(C)c1ccc(Cl)cc1. The summed E-state index contributed by atoms with van der Waals surface area (Å²) in [5.74, 6) is 0.574. The molecule has 0 aliphatic rings. The van der Waals surface area contributed by atoms with E-state index < -0.39 is 0 Å². The zero-order valence-corrected chi connectivity index (χ0v) is 10.2. The van der Waals surface area contributed by atoms with Gasteiger partial charge in [0.05, 0.1) is 0 Å². The Labute approximate surface area is 100 Å². The van der Waals surface area contributed by atoms with Crippen LogP contribution >= 0.6 is 11.6 Å². The second-order valence-electron chi connectivity index (χ2n) is 3.44. The number of benzene rings is 1. The maximum absolute atomic E-state index is 8.61. The van der Waals surface area contributed by atoms with Gasteiger partial charge in [-0.25, -0.2) is 0 Å². The van der Waals surface area contributed by atoms with Gasteiger partial charge in [-0.2, -0.15) is 5.26 Å². The molecule has 0 radical (unpaired) electrons. The lowest BCUT2D eigenvalue weighted by Gasteiger charge is -2.25. The van der Waals surface area contributed by atoms with Gasteiger partial charge in [-0.15, -0.1) is 4.99 Å². The topological polar surface area (TPSA) is 42.6 Å². The van der Waals surface area contributed by atoms with E-state index in [4.69, 9.17) is 16.9 Å². The Hall–Kier alpha value is -1.73. The smallest absolute Gasteiger partial charge is 0.216 e. The molecule has 0 aromatic heterocycles. The molecule has 1 aromatic rings. The summed E-state index contributed by atoms with van der Waals surface area (Å²) in [5, 5.41) is 9.29. The van der Waals surface area contributed by atoms with Crippen LogP contribution in [0.3, 0.4) is 0 Å². The maximum Gasteiger partial charge on any atom is 0.216 e. The fourth-order valence-electron chi connectivity index (χ4n) is 1.30. The first kappa shape index (κ1) is 12.3. The summed E-state index contributed by atoms with van der Waals surface area (Å²) in [6.07, 6.45) is 1.79. The minimum Gasteiger partial charge on any atom is -0.348 e. The van der Waals surface area contributed by atoms with Crippen molar-refractivity contribution in [3.05, 3.63) is 29.3 Å². The Morgan fingerprint density at radius 1 is 1.25 bits per heavy atom. The van der Waals surface area contributed by atoms with Gasteiger partial charge in [0, 0.05) is 31.9 Å². The number of hydrogen-bond donors (Lipinski definition) is 0. The molecule has 0 atom stereocenters. The quantitative estimate of drug-likeness (QED) is 0.426. The lowest BCUT2D eigenvalue weighted by atomic mass is 10.3. The van der Waals surface area contributed by atoms with E-state index in [1.165, 1.54) is 0 Å². The fraction of sp³-hybridized carbons (Fsp3) is 0.273. The Morgan fingerprint density at radius 3 is 2.25 bits per heavy atom. The van der Waals surface area contributed by atoms with Crippen molar-refractivity contribution in [2.45, 2.75) is 0 Å². The minimum absolute atomic E-state index is 0.574. The second kappa shape index (κ2) is 5.38. The van der Waals surface area contributed by atoms with Crippen molar-refractivity contribution in [2.75, 3.05) is 26.0 Å². The van der Waals surface area contributed by atoms with Crippen LogP contribution in [0.5, 0.6) is 0 Å². The molecule has 1 aromatic carbocycles. The number of nitrogens with zero attached hydrogens (tertiary/aromatic N) is 4. The largest absolute Gasteiger partial charge is 0.348 e. The molecule has 0 fully saturated rings. The molecule has 16 heavy (non-hydrogen) atoms. The summed E-state index contributed by atoms with van der Waals surface area (Å²) < 4.78 is 0. The summed E-state index contributed by atoms with van der Waals surface area (Å²) >= 11 is 5.81. The van der Waals surface area contributed by atoms with Gasteiger partial charge < -0.3 is 9.80 Å². The van der Waals surface area contributed by atoms with E-state index in [0.717, 1.165) is 5.69 Å². The Morgan fingerprint density at radius 2 is 1.81 bits per heavy atom. The number of guanidine groups is 1. The molecular weight excluding hydrogens is 224 g/mol. The second-order valence-corrected chi connectivity index (χ2v) is 3.88. The van der Waals surface area contributed by atoms with Crippen LogP contribution in [-0.4, -0.2) is 32.0 Å². The number of aliphatic imine (C=N–C) groups is 1. The van der Waals surface area contributed by atoms with Crippen molar-refractivity contribution in [2.24, 2.45) is 4.99 Å². The molecule has 1 rings (SSSR count). The van der Waals surface area contributed by atoms with E-state index in [2.05, 4.69) is 4.99 Å². The lowest BCUT2D eigenvalue weighted by Crippen LogP contribution is -2.37. The van der Waals surface area contributed by atoms with Gasteiger partial charge in [0.1, 0.15) is 0 Å². The Balaban J connectivity index is 3.00. The highest BCUT2D eigenvalue weighted by atomic mass is 35.5. The summed E-state index contributed by atoms with van der Waals surface area (Å²) in [7, 11) is 5.52. The van der Waals surface area contributed by atoms with Gasteiger partial charge in [-0.1, -0.05) is 11.6 Å². The normalized spacial score (nSPS) is 10.8. The van der Waals surface area contributed by atoms with Gasteiger partial charge in [-0.05, 0) is 24.3 Å². The molecule has 0 bridgehead atoms. The highest BCUT2D eigenvalue weighted by Crippen LogP contribution is 2.17. The van der Waals surface area contributed by atoms with Crippen molar-refractivity contribution in [3.63, 3.8) is 0 Å². The molecule has 0 heterocycles. The highest BCUT2D eigenvalue weighted by Gasteiger charge is 2.10. The standard InChI is InChI=1S/C11H13ClN4/c1-15(2)11(14-8-13)16(3)10-6-4-9(12)5-7-10/h4-7H,1-3H3. The van der Waals surface area contributed by atoms with Crippen LogP contribution in [0.25, 0.3) is 0 Å². The maximum atomic E-state index is 8.61. The third-order valence-corrected chi connectivity index (χ3v) is 2.32. The predicted octanol–water partition coefficient (Wildman–Crippen LogP) is 2.17. The first-order valence-electron chi connectivity index (χ1n) is 4.69. The third kappa shape index (κ3) is 2.88. The minimum atomic E-state index is 0.574. The number of nitriles is 1. The van der Waals surface area contributed by atoms with Gasteiger partial charge in [0.2, 0.25) is 12.2 Å². The molecule has 0 amide bonds. The van der Waals surface area contributed by atoms with Crippen LogP contribution < -0.4 is 4.90 Å². The summed E-state index contributed by atoms with van der Waals surface area (Å²) in [6, 6.07) is 7.34. The monoisotopic (exact) mass is 236 g/mol. The summed E-state index contributed by atoms with van der Waals surface area (Å²) in [6.45, 7) is 0. The molecule has 0 saturated heterocycles. The lowest BCUT2D eigenvalue weighted by molar-refractivity contribution is 0.609. The van der Waals surface area contributed by atoms with Crippen molar-refractivity contribution < 1.29 is 0 Å². The first-order valence-corrected chi connectivity index (χ1v) is 5.07. The molecule has 0 N–H and O–H groups in total. The van der Waals surface area contributed by atoms with E-state index in [9.17, 15) is 0 Å². The molecule has 0 aliphatic heterocycles. The molecule has 0 saturated carbocycles. The van der Waals surface area contributed by atoms with Gasteiger partial charge in [0.15, 0.2) is 0 Å². The van der Waals surface area contributed by atoms with Crippen molar-refractivity contribution in [1.29, 1.82) is 5.26 Å². The predicted molar refractivity (Wildman–Crippen MR) is 66.6 cm³/mol. The molecule has 84 valence electrons. The van der Waals surface area contributed by atoms with Crippen molar-refractivity contribution >= 4 is 23.2 Å². The molecule has 4 nitrogen and oxygen atoms in total. The summed E-state index contributed by atoms with van der Waals surface area (Å²) in [5.41, 5.74) is 0.923. The van der Waals surface area contributed by atoms with Crippen molar-refractivity contribution in [1.82, 2.24) is 4.90 Å². The fourth-order valence-corrected chi connectivity index (χ4v) is 1.43. The third-order valence-electron chi connectivity index (χ3n) is 2.06. The van der Waals surface area contributed by atoms with Crippen LogP contribution in [0, 0.1) is 11.5 Å². The van der Waals surface area contributed by atoms with Gasteiger partial charge >= 0.3 is 0 Å². The van der Waals surface area contributed by atoms with E-state index in [1.807, 2.05) is 38.2 Å². The van der Waals surface area contributed by atoms with Crippen LogP contribution in [0.1, 0.15) is 0 Å². The molecule has 5 heteroatoms. The van der Waals surface area contributed by atoms with Crippen LogP contribution in [0.15, 0.2) is 29.3 Å². The van der Waals surface area contributed by atoms with E-state index in [0.29, 0.717) is 11.0 Å². The number of hydrogen-bond acceptors (Lipinski definition) is 2. The number of rotatable bonds is 1. The highest BCUT2D eigenvalue weighted by molar-refractivity contribution is 6.30. The first-order chi connectivity index (χ1) is 7.56. The number of anilines is 1. The van der Waals surface area contributed by atoms with E-state index in [-0.39, 0.29) is 0 Å². The molecule has 0 unspecified atom stereocenters. The Kier molecular flexibility index (Phi) is 4.15. The van der Waals surface area contributed by atoms with E-state index >= 15 is 0 Å². The molecular formula is C11H13ClN4. The van der Waals surface area contributed by atoms with E-state index in [1.54, 1.807) is 23.2 Å². The zero-order valence-electron chi connectivity index (χ0n) is 9.48. The average Bonchev–Trinajstić information content (AvgIpc) is 2.25. The Bertz CT molecular complexity index is 417. The molecule has 0 spiro atoms. The number of halogens is 1. The van der Waals surface area contributed by atoms with Crippen LogP contribution in [0.2, 0.25) is 5.02 Å². The van der Waals surface area contributed by atoms with Crippen molar-refractivity contribution in [3.8, 4) is 6.19 Å². The van der Waals surface area contributed by atoms with Gasteiger partial charge in [-0.3, -0.25) is 0 Å². The molecule has 0 aliphatic carbocycles. The zero-order chi connectivity index (χ0) is 12.1. The van der Waals surface area contributed by atoms with Gasteiger partial charge in [0.25, 0.3) is 0 Å². The van der Waals surface area contributed by atoms with Crippen LogP contribution in [0.4, 0.5) is 5.69 Å². The summed E-state index contributed by atoms with van der Waals surface area (Å²) in [4.78, 5) is 7.36.